The topological polar surface area (TPSA) is 0 Å². The van der Waals surface area contributed by atoms with Crippen molar-refractivity contribution in [2.24, 2.45) is 5.92 Å². The van der Waals surface area contributed by atoms with Gasteiger partial charge in [0, 0.05) is 0 Å². The molecule has 0 amide bonds. The molecule has 0 aromatic heterocycles. The van der Waals surface area contributed by atoms with E-state index in [9.17, 15) is 0 Å². The summed E-state index contributed by atoms with van der Waals surface area (Å²) in [5.41, 5.74) is 1.74. The largest absolute Gasteiger partial charge is 0.0822 e. The number of allylic oxidation sites excluding steroid dienone is 2. The van der Waals surface area contributed by atoms with E-state index >= 15 is 0 Å². The van der Waals surface area contributed by atoms with Crippen LogP contribution >= 0.6 is 0 Å². The summed E-state index contributed by atoms with van der Waals surface area (Å²) in [7, 11) is 0. The molecule has 0 heteroatoms. The second-order valence-electron chi connectivity index (χ2n) is 3.72. The Hall–Kier alpha value is -0.260. The molecule has 0 nitrogen and oxygen atoms in total. The van der Waals surface area contributed by atoms with Gasteiger partial charge in [-0.2, -0.15) is 0 Å². The standard InChI is InChI=1S/C10H16/c1-2-4-9(5-3-1)8-10-6-7-10/h8-9H,1-7H2. The smallest absolute Gasteiger partial charge is 0.0231 e. The zero-order valence-corrected chi connectivity index (χ0v) is 6.60. The molecule has 0 radical (unpaired) electrons. The molecule has 0 bridgehead atoms. The molecular weight excluding hydrogens is 120 g/mol. The quantitative estimate of drug-likeness (QED) is 0.485. The minimum atomic E-state index is 0.978. The van der Waals surface area contributed by atoms with Crippen molar-refractivity contribution < 1.29 is 0 Å². The molecule has 2 aliphatic rings. The summed E-state index contributed by atoms with van der Waals surface area (Å²) in [5.74, 6) is 0.978. The third-order valence-corrected chi connectivity index (χ3v) is 2.66. The van der Waals surface area contributed by atoms with Crippen molar-refractivity contribution >= 4 is 0 Å². The molecule has 2 rings (SSSR count). The van der Waals surface area contributed by atoms with Crippen LogP contribution in [0.1, 0.15) is 44.9 Å². The molecule has 0 atom stereocenters. The summed E-state index contributed by atoms with van der Waals surface area (Å²) in [6.07, 6.45) is 12.8. The third kappa shape index (κ3) is 1.62. The van der Waals surface area contributed by atoms with Gasteiger partial charge in [-0.25, -0.2) is 0 Å². The molecule has 0 spiro atoms. The van der Waals surface area contributed by atoms with Crippen molar-refractivity contribution in [1.82, 2.24) is 0 Å². The first-order valence-electron chi connectivity index (χ1n) is 4.65. The van der Waals surface area contributed by atoms with E-state index in [4.69, 9.17) is 0 Å². The molecule has 0 aromatic rings. The van der Waals surface area contributed by atoms with E-state index in [-0.39, 0.29) is 0 Å². The highest BCUT2D eigenvalue weighted by atomic mass is 14.2. The Morgan fingerprint density at radius 3 is 2.30 bits per heavy atom. The van der Waals surface area contributed by atoms with Gasteiger partial charge >= 0.3 is 0 Å². The van der Waals surface area contributed by atoms with Crippen molar-refractivity contribution in [2.45, 2.75) is 44.9 Å². The lowest BCUT2D eigenvalue weighted by Crippen LogP contribution is -2.02. The van der Waals surface area contributed by atoms with E-state index in [2.05, 4.69) is 6.08 Å². The van der Waals surface area contributed by atoms with E-state index in [1.54, 1.807) is 5.57 Å². The maximum absolute atomic E-state index is 2.55. The van der Waals surface area contributed by atoms with Gasteiger partial charge in [0.2, 0.25) is 0 Å². The van der Waals surface area contributed by atoms with Gasteiger partial charge in [0.15, 0.2) is 0 Å². The van der Waals surface area contributed by atoms with Crippen molar-refractivity contribution in [3.63, 3.8) is 0 Å². The maximum atomic E-state index is 2.55. The predicted molar refractivity (Wildman–Crippen MR) is 43.9 cm³/mol. The zero-order chi connectivity index (χ0) is 6.81. The van der Waals surface area contributed by atoms with E-state index in [1.807, 2.05) is 0 Å². The van der Waals surface area contributed by atoms with Crippen LogP contribution in [0, 0.1) is 5.92 Å². The Bertz CT molecular complexity index is 132. The van der Waals surface area contributed by atoms with Crippen molar-refractivity contribution in [3.8, 4) is 0 Å². The summed E-state index contributed by atoms with van der Waals surface area (Å²) in [5, 5.41) is 0. The molecule has 2 saturated carbocycles. The summed E-state index contributed by atoms with van der Waals surface area (Å²) in [4.78, 5) is 0. The van der Waals surface area contributed by atoms with Crippen LogP contribution in [-0.2, 0) is 0 Å². The fourth-order valence-electron chi connectivity index (χ4n) is 1.87. The van der Waals surface area contributed by atoms with Gasteiger partial charge in [-0.1, -0.05) is 30.9 Å². The van der Waals surface area contributed by atoms with Crippen molar-refractivity contribution in [1.29, 1.82) is 0 Å². The van der Waals surface area contributed by atoms with Gasteiger partial charge in [-0.3, -0.25) is 0 Å². The Morgan fingerprint density at radius 2 is 1.70 bits per heavy atom. The summed E-state index contributed by atoms with van der Waals surface area (Å²) in [6, 6.07) is 0. The van der Waals surface area contributed by atoms with Crippen molar-refractivity contribution in [2.75, 3.05) is 0 Å². The Balaban J connectivity index is 1.84. The first-order chi connectivity index (χ1) is 4.95. The first-order valence-corrected chi connectivity index (χ1v) is 4.65. The highest BCUT2D eigenvalue weighted by Crippen LogP contribution is 2.33. The SMILES string of the molecule is C(=C1CC1)C1CCCCC1. The number of hydrogen-bond donors (Lipinski definition) is 0. The molecular formula is C10H16. The monoisotopic (exact) mass is 136 g/mol. The van der Waals surface area contributed by atoms with E-state index < -0.39 is 0 Å². The van der Waals surface area contributed by atoms with Crippen LogP contribution in [0.5, 0.6) is 0 Å². The first kappa shape index (κ1) is 6.45. The van der Waals surface area contributed by atoms with Gasteiger partial charge in [-0.05, 0) is 31.6 Å². The predicted octanol–water partition coefficient (Wildman–Crippen LogP) is 3.29. The minimum absolute atomic E-state index is 0.978. The fourth-order valence-corrected chi connectivity index (χ4v) is 1.87. The maximum Gasteiger partial charge on any atom is -0.0231 e. The highest BCUT2D eigenvalue weighted by Gasteiger charge is 2.16. The minimum Gasteiger partial charge on any atom is -0.0822 e. The van der Waals surface area contributed by atoms with Gasteiger partial charge in [0.05, 0.1) is 0 Å². The Kier molecular flexibility index (Phi) is 1.79. The summed E-state index contributed by atoms with van der Waals surface area (Å²) in [6.45, 7) is 0. The lowest BCUT2D eigenvalue weighted by Gasteiger charge is -2.17. The second-order valence-corrected chi connectivity index (χ2v) is 3.72. The molecule has 10 heavy (non-hydrogen) atoms. The fraction of sp³-hybridized carbons (Fsp3) is 0.800. The molecule has 0 heterocycles. The Morgan fingerprint density at radius 1 is 1.00 bits per heavy atom. The van der Waals surface area contributed by atoms with Crippen molar-refractivity contribution in [3.05, 3.63) is 11.6 Å². The van der Waals surface area contributed by atoms with Gasteiger partial charge < -0.3 is 0 Å². The lowest BCUT2D eigenvalue weighted by atomic mass is 9.89. The van der Waals surface area contributed by atoms with E-state index in [0.717, 1.165) is 5.92 Å². The number of hydrogen-bond acceptors (Lipinski definition) is 0. The second kappa shape index (κ2) is 2.77. The van der Waals surface area contributed by atoms with Crippen LogP contribution in [0.3, 0.4) is 0 Å². The summed E-state index contributed by atoms with van der Waals surface area (Å²) < 4.78 is 0. The van der Waals surface area contributed by atoms with Crippen LogP contribution in [0.2, 0.25) is 0 Å². The average molecular weight is 136 g/mol. The third-order valence-electron chi connectivity index (χ3n) is 2.66. The molecule has 0 unspecified atom stereocenters. The van der Waals surface area contributed by atoms with Crippen LogP contribution in [0.4, 0.5) is 0 Å². The molecule has 0 aromatic carbocycles. The lowest BCUT2D eigenvalue weighted by molar-refractivity contribution is 0.419. The molecule has 0 saturated heterocycles. The molecule has 2 fully saturated rings. The molecule has 0 aliphatic heterocycles. The van der Waals surface area contributed by atoms with Crippen LogP contribution < -0.4 is 0 Å². The Labute approximate surface area is 63.3 Å². The number of rotatable bonds is 1. The molecule has 0 N–H and O–H groups in total. The normalized spacial score (nSPS) is 26.6. The van der Waals surface area contributed by atoms with Crippen LogP contribution in [0.25, 0.3) is 0 Å². The zero-order valence-electron chi connectivity index (χ0n) is 6.60. The van der Waals surface area contributed by atoms with Crippen LogP contribution in [-0.4, -0.2) is 0 Å². The summed E-state index contributed by atoms with van der Waals surface area (Å²) >= 11 is 0. The van der Waals surface area contributed by atoms with Gasteiger partial charge in [0.1, 0.15) is 0 Å². The van der Waals surface area contributed by atoms with E-state index in [1.165, 1.54) is 44.9 Å². The highest BCUT2D eigenvalue weighted by molar-refractivity contribution is 5.17. The van der Waals surface area contributed by atoms with Crippen LogP contribution in [0.15, 0.2) is 11.6 Å². The van der Waals surface area contributed by atoms with Gasteiger partial charge in [-0.15, -0.1) is 0 Å². The molecule has 56 valence electrons. The average Bonchev–Trinajstić information content (AvgIpc) is 2.74. The van der Waals surface area contributed by atoms with Gasteiger partial charge in [0.25, 0.3) is 0 Å². The van der Waals surface area contributed by atoms with E-state index in [0.29, 0.717) is 0 Å². The molecule has 2 aliphatic carbocycles.